The third-order valence-corrected chi connectivity index (χ3v) is 5.19. The summed E-state index contributed by atoms with van der Waals surface area (Å²) in [6.07, 6.45) is 4.91. The first-order valence-corrected chi connectivity index (χ1v) is 9.31. The molecule has 1 aromatic rings. The molecule has 0 bridgehead atoms. The van der Waals surface area contributed by atoms with Crippen molar-refractivity contribution in [2.24, 2.45) is 0 Å². The van der Waals surface area contributed by atoms with Crippen LogP contribution in [-0.2, 0) is 15.1 Å². The van der Waals surface area contributed by atoms with Crippen LogP contribution in [0, 0.1) is 0 Å². The molecule has 1 unspecified atom stereocenters. The molecule has 4 amide bonds. The van der Waals surface area contributed by atoms with E-state index >= 15 is 0 Å². The van der Waals surface area contributed by atoms with Gasteiger partial charge < -0.3 is 5.32 Å². The Morgan fingerprint density at radius 2 is 1.77 bits per heavy atom. The maximum absolute atomic E-state index is 13.0. The maximum Gasteiger partial charge on any atom is 0.344 e. The highest BCUT2D eigenvalue weighted by atomic mass is 16.2. The van der Waals surface area contributed by atoms with Gasteiger partial charge in [-0.05, 0) is 37.9 Å². The molecule has 0 radical (unpaired) electrons. The van der Waals surface area contributed by atoms with E-state index in [2.05, 4.69) is 15.6 Å². The van der Waals surface area contributed by atoms with Crippen LogP contribution in [0.2, 0.25) is 0 Å². The number of hydrazine groups is 1. The molecule has 2 aliphatic heterocycles. The summed E-state index contributed by atoms with van der Waals surface area (Å²) >= 11 is 0. The van der Waals surface area contributed by atoms with Gasteiger partial charge in [-0.2, -0.15) is 5.01 Å². The number of likely N-dealkylation sites (tertiary alicyclic amines) is 1. The molecular formula is C19H26N4O3. The quantitative estimate of drug-likeness (QED) is 0.786. The van der Waals surface area contributed by atoms with E-state index in [1.165, 1.54) is 12.8 Å². The zero-order valence-corrected chi connectivity index (χ0v) is 15.2. The van der Waals surface area contributed by atoms with Crippen molar-refractivity contribution < 1.29 is 14.4 Å². The Morgan fingerprint density at radius 3 is 2.38 bits per heavy atom. The lowest BCUT2D eigenvalue weighted by atomic mass is 9.87. The Morgan fingerprint density at radius 1 is 1.12 bits per heavy atom. The fourth-order valence-electron chi connectivity index (χ4n) is 3.70. The molecule has 0 saturated carbocycles. The fraction of sp³-hybridized carbons (Fsp3) is 0.526. The number of hydrogen-bond acceptors (Lipinski definition) is 4. The number of amides is 4. The van der Waals surface area contributed by atoms with Gasteiger partial charge in [0.1, 0.15) is 5.54 Å². The molecule has 1 atom stereocenters. The van der Waals surface area contributed by atoms with Crippen molar-refractivity contribution in [2.45, 2.75) is 44.6 Å². The topological polar surface area (TPSA) is 81.8 Å². The monoisotopic (exact) mass is 358 g/mol. The summed E-state index contributed by atoms with van der Waals surface area (Å²) in [5.41, 5.74) is 2.08. The van der Waals surface area contributed by atoms with Crippen LogP contribution >= 0.6 is 0 Å². The number of hydrogen-bond donors (Lipinski definition) is 2. The van der Waals surface area contributed by atoms with Crippen LogP contribution in [0.1, 0.15) is 44.6 Å². The number of imide groups is 1. The normalized spacial score (nSPS) is 24.3. The first-order chi connectivity index (χ1) is 12.6. The van der Waals surface area contributed by atoms with E-state index in [1.54, 1.807) is 0 Å². The summed E-state index contributed by atoms with van der Waals surface area (Å²) in [4.78, 5) is 39.8. The van der Waals surface area contributed by atoms with Gasteiger partial charge in [0.15, 0.2) is 0 Å². The van der Waals surface area contributed by atoms with Crippen molar-refractivity contribution in [3.8, 4) is 0 Å². The van der Waals surface area contributed by atoms with E-state index in [0.717, 1.165) is 30.9 Å². The van der Waals surface area contributed by atoms with Crippen LogP contribution in [0.25, 0.3) is 0 Å². The van der Waals surface area contributed by atoms with Gasteiger partial charge in [-0.3, -0.25) is 19.9 Å². The van der Waals surface area contributed by atoms with Crippen LogP contribution < -0.4 is 10.7 Å². The molecule has 0 spiro atoms. The van der Waals surface area contributed by atoms with Gasteiger partial charge in [-0.15, -0.1) is 0 Å². The van der Waals surface area contributed by atoms with Crippen molar-refractivity contribution in [1.29, 1.82) is 0 Å². The second-order valence-electron chi connectivity index (χ2n) is 6.92. The minimum atomic E-state index is -1.13. The molecule has 26 heavy (non-hydrogen) atoms. The summed E-state index contributed by atoms with van der Waals surface area (Å²) in [5, 5.41) is 3.59. The number of carbonyl (C=O) groups excluding carboxylic acids is 3. The third kappa shape index (κ3) is 3.58. The minimum Gasteiger partial charge on any atom is -0.318 e. The Kier molecular flexibility index (Phi) is 5.56. The Bertz CT molecular complexity index is 671. The van der Waals surface area contributed by atoms with Crippen molar-refractivity contribution in [3.63, 3.8) is 0 Å². The standard InChI is InChI=1S/C19H26N4O3/c1-2-19(15-10-6-5-7-11-15)17(25)23(18(26)20-19)21-16(24)14-22-12-8-3-4-9-13-22/h5-7,10-11H,2-4,8-9,12-14H2,1H3,(H,20,26)(H,21,24). The molecule has 140 valence electrons. The largest absolute Gasteiger partial charge is 0.344 e. The minimum absolute atomic E-state index is 0.196. The number of carbonyl (C=O) groups is 3. The highest BCUT2D eigenvalue weighted by Crippen LogP contribution is 2.31. The van der Waals surface area contributed by atoms with Crippen LogP contribution in [0.3, 0.4) is 0 Å². The van der Waals surface area contributed by atoms with Crippen LogP contribution in [-0.4, -0.2) is 47.4 Å². The Hall–Kier alpha value is -2.41. The van der Waals surface area contributed by atoms with E-state index in [4.69, 9.17) is 0 Å². The third-order valence-electron chi connectivity index (χ3n) is 5.19. The SMILES string of the molecule is CCC1(c2ccccc2)NC(=O)N(NC(=O)CN2CCCCCC2)C1=O. The molecule has 0 aromatic heterocycles. The number of nitrogens with zero attached hydrogens (tertiary/aromatic N) is 2. The smallest absolute Gasteiger partial charge is 0.318 e. The van der Waals surface area contributed by atoms with Crippen LogP contribution in [0.4, 0.5) is 4.79 Å². The first kappa shape index (κ1) is 18.4. The summed E-state index contributed by atoms with van der Waals surface area (Å²) in [5.74, 6) is -0.782. The van der Waals surface area contributed by atoms with Gasteiger partial charge in [0, 0.05) is 0 Å². The molecule has 0 aliphatic carbocycles. The molecule has 2 heterocycles. The highest BCUT2D eigenvalue weighted by Gasteiger charge is 2.52. The predicted octanol–water partition coefficient (Wildman–Crippen LogP) is 1.75. The molecule has 1 aromatic carbocycles. The van der Waals surface area contributed by atoms with Gasteiger partial charge >= 0.3 is 6.03 Å². The molecule has 7 heteroatoms. The average molecular weight is 358 g/mol. The Balaban J connectivity index is 1.69. The number of nitrogens with one attached hydrogen (secondary N) is 2. The van der Waals surface area contributed by atoms with Crippen LogP contribution in [0.15, 0.2) is 30.3 Å². The molecule has 7 nitrogen and oxygen atoms in total. The summed E-state index contributed by atoms with van der Waals surface area (Å²) in [6.45, 7) is 3.78. The summed E-state index contributed by atoms with van der Waals surface area (Å²) in [7, 11) is 0. The first-order valence-electron chi connectivity index (χ1n) is 9.31. The maximum atomic E-state index is 13.0. The van der Waals surface area contributed by atoms with Crippen LogP contribution in [0.5, 0.6) is 0 Å². The van der Waals surface area contributed by atoms with Crippen molar-refractivity contribution >= 4 is 17.8 Å². The number of benzene rings is 1. The molecule has 3 rings (SSSR count). The Labute approximate surface area is 153 Å². The molecule has 2 fully saturated rings. The zero-order chi connectivity index (χ0) is 18.6. The van der Waals surface area contributed by atoms with Gasteiger partial charge in [0.25, 0.3) is 11.8 Å². The second-order valence-corrected chi connectivity index (χ2v) is 6.92. The molecular weight excluding hydrogens is 332 g/mol. The predicted molar refractivity (Wildman–Crippen MR) is 96.8 cm³/mol. The summed E-state index contributed by atoms with van der Waals surface area (Å²) in [6, 6.07) is 8.54. The molecule has 2 N–H and O–H groups in total. The number of urea groups is 1. The lowest BCUT2D eigenvalue weighted by Gasteiger charge is -2.26. The van der Waals surface area contributed by atoms with E-state index in [1.807, 2.05) is 37.3 Å². The van der Waals surface area contributed by atoms with Crippen molar-refractivity contribution in [3.05, 3.63) is 35.9 Å². The van der Waals surface area contributed by atoms with E-state index in [0.29, 0.717) is 12.0 Å². The highest BCUT2D eigenvalue weighted by molar-refractivity contribution is 6.08. The van der Waals surface area contributed by atoms with Gasteiger partial charge in [-0.1, -0.05) is 50.1 Å². The van der Waals surface area contributed by atoms with Crippen molar-refractivity contribution in [2.75, 3.05) is 19.6 Å². The van der Waals surface area contributed by atoms with E-state index in [-0.39, 0.29) is 12.5 Å². The average Bonchev–Trinajstić information content (AvgIpc) is 2.82. The fourth-order valence-corrected chi connectivity index (χ4v) is 3.70. The second kappa shape index (κ2) is 7.86. The van der Waals surface area contributed by atoms with Gasteiger partial charge in [-0.25, -0.2) is 4.79 Å². The lowest BCUT2D eigenvalue weighted by molar-refractivity contribution is -0.139. The zero-order valence-electron chi connectivity index (χ0n) is 15.2. The number of rotatable bonds is 5. The molecule has 2 saturated heterocycles. The van der Waals surface area contributed by atoms with Gasteiger partial charge in [0.05, 0.1) is 6.54 Å². The van der Waals surface area contributed by atoms with E-state index < -0.39 is 17.5 Å². The van der Waals surface area contributed by atoms with Crippen molar-refractivity contribution in [1.82, 2.24) is 20.7 Å². The lowest BCUT2D eigenvalue weighted by Crippen LogP contribution is -2.51. The van der Waals surface area contributed by atoms with E-state index in [9.17, 15) is 14.4 Å². The molecule has 2 aliphatic rings. The summed E-state index contributed by atoms with van der Waals surface area (Å²) < 4.78 is 0. The van der Waals surface area contributed by atoms with Gasteiger partial charge in [0.2, 0.25) is 0 Å².